The molecule has 8 heteroatoms. The van der Waals surface area contributed by atoms with Gasteiger partial charge in [0.05, 0.1) is 75.6 Å². The van der Waals surface area contributed by atoms with Crippen LogP contribution in [0.2, 0.25) is 0 Å². The third-order valence-electron chi connectivity index (χ3n) is 8.15. The predicted molar refractivity (Wildman–Crippen MR) is 239 cm³/mol. The van der Waals surface area contributed by atoms with Crippen LogP contribution in [0.3, 0.4) is 0 Å². The van der Waals surface area contributed by atoms with E-state index in [1.165, 1.54) is 31.8 Å². The minimum absolute atomic E-state index is 0.545. The maximum absolute atomic E-state index is 8.20. The summed E-state index contributed by atoms with van der Waals surface area (Å²) in [6.07, 6.45) is 2.03. The van der Waals surface area contributed by atoms with Crippen LogP contribution in [0.5, 0.6) is 0 Å². The van der Waals surface area contributed by atoms with E-state index in [0.29, 0.717) is 0 Å². The summed E-state index contributed by atoms with van der Waals surface area (Å²) in [6.45, 7) is 12.6. The summed E-state index contributed by atoms with van der Waals surface area (Å²) < 4.78 is 0. The van der Waals surface area contributed by atoms with Crippen molar-refractivity contribution < 1.29 is 15.9 Å². The zero-order valence-electron chi connectivity index (χ0n) is 30.8. The quantitative estimate of drug-likeness (QED) is 0.0864. The van der Waals surface area contributed by atoms with Crippen LogP contribution in [0, 0.1) is 11.5 Å². The predicted octanol–water partition coefficient (Wildman–Crippen LogP) is 9.63. The number of rotatable bonds is 8. The van der Waals surface area contributed by atoms with E-state index >= 15 is 0 Å². The second-order valence-corrected chi connectivity index (χ2v) is 22.5. The molecule has 0 aliphatic rings. The molecule has 0 amide bonds. The SMILES string of the molecule is CCN(C#N)CC.C[PH+](c1ccccc1)c1ccccc1.C[PH+](c1ccccc1)c1ccccc1.C[PH+](c1ccccc1)c1ccccc1.[Cl][Re][Cl]. The van der Waals surface area contributed by atoms with Crippen LogP contribution < -0.4 is 31.8 Å². The Morgan fingerprint density at radius 1 is 0.423 bits per heavy atom. The molecule has 271 valence electrons. The molecule has 0 aliphatic carbocycles. The van der Waals surface area contributed by atoms with Gasteiger partial charge < -0.3 is 4.90 Å². The van der Waals surface area contributed by atoms with Gasteiger partial charge in [-0.1, -0.05) is 109 Å². The zero-order valence-corrected chi connectivity index (χ0v) is 38.0. The molecular weight excluding hydrogens is 907 g/mol. The second kappa shape index (κ2) is 28.6. The van der Waals surface area contributed by atoms with E-state index in [1.54, 1.807) is 4.90 Å². The zero-order chi connectivity index (χ0) is 37.8. The van der Waals surface area contributed by atoms with E-state index in [9.17, 15) is 0 Å². The summed E-state index contributed by atoms with van der Waals surface area (Å²) >= 11 is -0.722. The number of hydrogen-bond acceptors (Lipinski definition) is 2. The molecule has 6 rings (SSSR count). The summed E-state index contributed by atoms with van der Waals surface area (Å²) in [4.78, 5) is 1.68. The van der Waals surface area contributed by atoms with Gasteiger partial charge in [-0.3, -0.25) is 0 Å². The van der Waals surface area contributed by atoms with Gasteiger partial charge in [-0.15, -0.1) is 0 Å². The molecule has 0 atom stereocenters. The normalized spacial score (nSPS) is 9.79. The second-order valence-electron chi connectivity index (χ2n) is 11.4. The van der Waals surface area contributed by atoms with E-state index in [4.69, 9.17) is 24.3 Å². The van der Waals surface area contributed by atoms with E-state index in [2.05, 4.69) is 202 Å². The van der Waals surface area contributed by atoms with Crippen molar-refractivity contribution in [2.75, 3.05) is 33.1 Å². The summed E-state index contributed by atoms with van der Waals surface area (Å²) in [5.74, 6) is 0. The van der Waals surface area contributed by atoms with Crippen LogP contribution in [-0.4, -0.2) is 38.0 Å². The Kier molecular flexibility index (Phi) is 24.9. The molecule has 0 aliphatic heterocycles. The van der Waals surface area contributed by atoms with Crippen LogP contribution in [0.4, 0.5) is 0 Å². The molecule has 0 aromatic heterocycles. The third-order valence-corrected chi connectivity index (χ3v) is 15.3. The first-order chi connectivity index (χ1) is 25.4. The van der Waals surface area contributed by atoms with Crippen molar-refractivity contribution in [2.24, 2.45) is 0 Å². The van der Waals surface area contributed by atoms with Crippen LogP contribution >= 0.6 is 42.8 Å². The average Bonchev–Trinajstić information content (AvgIpc) is 3.23. The van der Waals surface area contributed by atoms with Crippen LogP contribution in [0.1, 0.15) is 13.8 Å². The fourth-order valence-electron chi connectivity index (χ4n) is 4.99. The molecule has 6 aromatic carbocycles. The van der Waals surface area contributed by atoms with Gasteiger partial charge in [0.2, 0.25) is 0 Å². The molecule has 0 heterocycles. The van der Waals surface area contributed by atoms with Crippen molar-refractivity contribution in [3.63, 3.8) is 0 Å². The van der Waals surface area contributed by atoms with Crippen LogP contribution in [0.25, 0.3) is 0 Å². The standard InChI is InChI=1S/3C13H13P.C5H10N2.2ClH.Re/c3*1-14(12-8-4-2-5-9-12)13-10-6-3-7-11-13;1-3-7(4-2)5-6;;;/h3*2-11H,1H3;3-4H2,1-2H3;2*1H;/q;;;;;;+2/p+1. The molecule has 0 spiro atoms. The van der Waals surface area contributed by atoms with Crippen molar-refractivity contribution in [1.82, 2.24) is 4.90 Å². The van der Waals surface area contributed by atoms with Crippen molar-refractivity contribution in [3.05, 3.63) is 182 Å². The molecule has 0 saturated heterocycles. The van der Waals surface area contributed by atoms with Gasteiger partial charge in [-0.2, -0.15) is 5.26 Å². The van der Waals surface area contributed by atoms with E-state index in [1.807, 2.05) is 20.0 Å². The van der Waals surface area contributed by atoms with Gasteiger partial charge in [0.25, 0.3) is 0 Å². The summed E-state index contributed by atoms with van der Waals surface area (Å²) in [7, 11) is 8.20. The Morgan fingerprint density at radius 3 is 0.673 bits per heavy atom. The summed E-state index contributed by atoms with van der Waals surface area (Å²) in [5.41, 5.74) is 0. The van der Waals surface area contributed by atoms with Gasteiger partial charge >= 0.3 is 35.0 Å². The number of nitrogens with zero attached hydrogens (tertiary/aromatic N) is 2. The molecule has 0 unspecified atom stereocenters. The molecule has 0 radical (unpaired) electrons. The molecule has 0 N–H and O–H groups in total. The number of nitriles is 1. The maximum atomic E-state index is 8.20. The molecule has 52 heavy (non-hydrogen) atoms. The van der Waals surface area contributed by atoms with E-state index in [0.717, 1.165) is 13.1 Å². The number of hydrogen-bond donors (Lipinski definition) is 0. The van der Waals surface area contributed by atoms with Gasteiger partial charge in [-0.05, 0) is 86.6 Å². The Labute approximate surface area is 333 Å². The summed E-state index contributed by atoms with van der Waals surface area (Å²) in [5, 5.41) is 17.1. The first-order valence-electron chi connectivity index (χ1n) is 17.2. The Balaban J connectivity index is 0.000000240. The van der Waals surface area contributed by atoms with Gasteiger partial charge in [0.1, 0.15) is 0 Å². The minimum atomic E-state index is -0.722. The van der Waals surface area contributed by atoms with Gasteiger partial charge in [0, 0.05) is 13.1 Å². The van der Waals surface area contributed by atoms with Crippen LogP contribution in [-0.2, 0) is 15.9 Å². The number of halogens is 2. The van der Waals surface area contributed by atoms with Gasteiger partial charge in [-0.25, -0.2) is 0 Å². The Hall–Kier alpha value is -2.86. The molecule has 0 bridgehead atoms. The molecule has 6 aromatic rings. The van der Waals surface area contributed by atoms with Crippen molar-refractivity contribution in [3.8, 4) is 6.19 Å². The van der Waals surface area contributed by atoms with Gasteiger partial charge in [0.15, 0.2) is 6.19 Å². The van der Waals surface area contributed by atoms with Crippen molar-refractivity contribution in [1.29, 1.82) is 5.26 Å². The fraction of sp³-hybridized carbons (Fsp3) is 0.159. The average molecular weight is 959 g/mol. The van der Waals surface area contributed by atoms with Crippen molar-refractivity contribution in [2.45, 2.75) is 13.8 Å². The monoisotopic (exact) mass is 958 g/mol. The van der Waals surface area contributed by atoms with Crippen LogP contribution in [0.15, 0.2) is 182 Å². The first-order valence-corrected chi connectivity index (χ1v) is 30.0. The fourth-order valence-corrected chi connectivity index (χ4v) is 10.1. The van der Waals surface area contributed by atoms with E-state index in [-0.39, 0.29) is 0 Å². The third kappa shape index (κ3) is 17.8. The van der Waals surface area contributed by atoms with E-state index < -0.39 is 39.7 Å². The summed E-state index contributed by atoms with van der Waals surface area (Å²) in [6, 6.07) is 64.5. The molecular formula is C44H52Cl2N2P3Re+3. The molecule has 2 nitrogen and oxygen atoms in total. The Morgan fingerprint density at radius 2 is 0.577 bits per heavy atom. The Bertz CT molecular complexity index is 1440. The molecule has 0 saturated carbocycles. The topological polar surface area (TPSA) is 27.0 Å². The van der Waals surface area contributed by atoms with Crippen molar-refractivity contribution >= 4 is 74.7 Å². The molecule has 0 fully saturated rings. The first kappa shape index (κ1) is 45.3. The number of benzene rings is 6.